The molecule has 2 N–H and O–H groups in total. The minimum atomic E-state index is -0.522. The van der Waals surface area contributed by atoms with Gasteiger partial charge in [-0.05, 0) is 55.0 Å². The molecule has 0 aliphatic heterocycles. The molecule has 3 rings (SSSR count). The number of amides is 2. The molecule has 7 nitrogen and oxygen atoms in total. The number of benzene rings is 3. The maximum Gasteiger partial charge on any atom is 0.269 e. The largest absolute Gasteiger partial charge is 0.325 e. The molecule has 3 aromatic carbocycles. The summed E-state index contributed by atoms with van der Waals surface area (Å²) in [6.45, 7) is 1.89. The zero-order valence-corrected chi connectivity index (χ0v) is 18.0. The van der Waals surface area contributed by atoms with Crippen LogP contribution in [0.3, 0.4) is 0 Å². The Morgan fingerprint density at radius 2 is 1.77 bits per heavy atom. The number of carbonyl (C=O) groups excluding carboxylic acids is 2. The van der Waals surface area contributed by atoms with Crippen molar-refractivity contribution in [2.24, 2.45) is 0 Å². The summed E-state index contributed by atoms with van der Waals surface area (Å²) in [7, 11) is 0. The summed E-state index contributed by atoms with van der Waals surface area (Å²) in [5.41, 5.74) is 2.36. The first-order valence-corrected chi connectivity index (χ1v) is 10.5. The molecule has 0 radical (unpaired) electrons. The molecule has 0 spiro atoms. The number of hydrogen-bond acceptors (Lipinski definition) is 5. The number of nitrogens with one attached hydrogen (secondary N) is 2. The maximum atomic E-state index is 12.4. The summed E-state index contributed by atoms with van der Waals surface area (Å²) < 4.78 is 0. The Morgan fingerprint density at radius 1 is 1.03 bits per heavy atom. The highest BCUT2D eigenvalue weighted by Crippen LogP contribution is 2.24. The normalized spacial score (nSPS) is 10.4. The van der Waals surface area contributed by atoms with Gasteiger partial charge in [0.05, 0.1) is 10.7 Å². The van der Waals surface area contributed by atoms with Crippen molar-refractivity contribution in [3.8, 4) is 0 Å². The number of anilines is 2. The number of nitro groups is 1. The van der Waals surface area contributed by atoms with Crippen LogP contribution in [-0.4, -0.2) is 22.5 Å². The molecule has 158 valence electrons. The topological polar surface area (TPSA) is 101 Å². The van der Waals surface area contributed by atoms with Crippen molar-refractivity contribution in [2.45, 2.75) is 11.8 Å². The van der Waals surface area contributed by atoms with E-state index in [9.17, 15) is 19.7 Å². The van der Waals surface area contributed by atoms with E-state index in [4.69, 9.17) is 11.6 Å². The van der Waals surface area contributed by atoms with Crippen molar-refractivity contribution < 1.29 is 14.5 Å². The van der Waals surface area contributed by atoms with Crippen molar-refractivity contribution in [1.82, 2.24) is 0 Å². The second kappa shape index (κ2) is 10.1. The van der Waals surface area contributed by atoms with Crippen LogP contribution in [0.4, 0.5) is 17.1 Å². The van der Waals surface area contributed by atoms with Gasteiger partial charge in [-0.25, -0.2) is 0 Å². The van der Waals surface area contributed by atoms with Crippen LogP contribution >= 0.6 is 23.4 Å². The number of hydrogen-bond donors (Lipinski definition) is 2. The number of thioether (sulfide) groups is 1. The van der Waals surface area contributed by atoms with Gasteiger partial charge in [0.15, 0.2) is 0 Å². The van der Waals surface area contributed by atoms with Crippen molar-refractivity contribution in [3.05, 3.63) is 93.0 Å². The average Bonchev–Trinajstić information content (AvgIpc) is 2.75. The molecule has 31 heavy (non-hydrogen) atoms. The average molecular weight is 456 g/mol. The molecular formula is C22H18ClN3O4S. The molecule has 0 aliphatic rings. The third-order valence-corrected chi connectivity index (χ3v) is 5.50. The Labute approximate surface area is 188 Å². The molecule has 0 unspecified atom stereocenters. The van der Waals surface area contributed by atoms with Crippen molar-refractivity contribution in [2.75, 3.05) is 16.4 Å². The molecular weight excluding hydrogens is 438 g/mol. The van der Waals surface area contributed by atoms with Crippen LogP contribution in [0, 0.1) is 17.0 Å². The van der Waals surface area contributed by atoms with Gasteiger partial charge in [0, 0.05) is 39.0 Å². The Balaban J connectivity index is 1.58. The van der Waals surface area contributed by atoms with Crippen LogP contribution in [0.1, 0.15) is 15.9 Å². The van der Waals surface area contributed by atoms with Gasteiger partial charge in [0.2, 0.25) is 5.91 Å². The SMILES string of the molecule is Cc1ccc(Cl)cc1NC(=O)CSc1cccc(NC(=O)c2ccc([N+](=O)[O-])cc2)c1. The second-order valence-electron chi connectivity index (χ2n) is 6.58. The van der Waals surface area contributed by atoms with Crippen LogP contribution < -0.4 is 10.6 Å². The fraction of sp³-hybridized carbons (Fsp3) is 0.0909. The monoisotopic (exact) mass is 455 g/mol. The number of aryl methyl sites for hydroxylation is 1. The van der Waals surface area contributed by atoms with E-state index >= 15 is 0 Å². The molecule has 0 saturated heterocycles. The second-order valence-corrected chi connectivity index (χ2v) is 8.07. The molecule has 0 aliphatic carbocycles. The summed E-state index contributed by atoms with van der Waals surface area (Å²) >= 11 is 7.31. The minimum Gasteiger partial charge on any atom is -0.325 e. The lowest BCUT2D eigenvalue weighted by molar-refractivity contribution is -0.384. The summed E-state index contributed by atoms with van der Waals surface area (Å²) in [5.74, 6) is -0.368. The van der Waals surface area contributed by atoms with Gasteiger partial charge >= 0.3 is 0 Å². The van der Waals surface area contributed by atoms with E-state index in [2.05, 4.69) is 10.6 Å². The van der Waals surface area contributed by atoms with E-state index in [-0.39, 0.29) is 23.3 Å². The first-order valence-electron chi connectivity index (χ1n) is 9.16. The number of carbonyl (C=O) groups is 2. The fourth-order valence-electron chi connectivity index (χ4n) is 2.67. The smallest absolute Gasteiger partial charge is 0.269 e. The highest BCUT2D eigenvalue weighted by Gasteiger charge is 2.11. The van der Waals surface area contributed by atoms with Crippen molar-refractivity contribution >= 4 is 52.2 Å². The van der Waals surface area contributed by atoms with Gasteiger partial charge in [-0.3, -0.25) is 19.7 Å². The predicted octanol–water partition coefficient (Wildman–Crippen LogP) is 5.54. The Bertz CT molecular complexity index is 1140. The number of rotatable bonds is 7. The zero-order valence-electron chi connectivity index (χ0n) is 16.4. The number of halogens is 1. The molecule has 0 atom stereocenters. The number of non-ortho nitro benzene ring substituents is 1. The lowest BCUT2D eigenvalue weighted by Crippen LogP contribution is -2.15. The highest BCUT2D eigenvalue weighted by molar-refractivity contribution is 8.00. The summed E-state index contributed by atoms with van der Waals surface area (Å²) in [6, 6.07) is 17.7. The molecule has 2 amide bonds. The van der Waals surface area contributed by atoms with E-state index in [1.165, 1.54) is 36.0 Å². The highest BCUT2D eigenvalue weighted by atomic mass is 35.5. The van der Waals surface area contributed by atoms with Crippen molar-refractivity contribution in [3.63, 3.8) is 0 Å². The summed E-state index contributed by atoms with van der Waals surface area (Å²) in [6.07, 6.45) is 0. The number of nitro benzene ring substituents is 1. The Kier molecular flexibility index (Phi) is 7.28. The lowest BCUT2D eigenvalue weighted by atomic mass is 10.2. The molecule has 0 bridgehead atoms. The summed E-state index contributed by atoms with van der Waals surface area (Å²) in [4.78, 5) is 35.7. The Morgan fingerprint density at radius 3 is 2.48 bits per heavy atom. The van der Waals surface area contributed by atoms with E-state index in [1.807, 2.05) is 19.1 Å². The van der Waals surface area contributed by atoms with Crippen LogP contribution in [0.15, 0.2) is 71.6 Å². The lowest BCUT2D eigenvalue weighted by Gasteiger charge is -2.10. The summed E-state index contributed by atoms with van der Waals surface area (Å²) in [5, 5.41) is 16.9. The van der Waals surface area contributed by atoms with E-state index in [0.717, 1.165) is 10.5 Å². The standard InChI is InChI=1S/C22H18ClN3O4S/c1-14-5-8-16(23)11-20(14)25-21(27)13-31-19-4-2-3-17(12-19)24-22(28)15-6-9-18(10-7-15)26(29)30/h2-12H,13H2,1H3,(H,24,28)(H,25,27). The fourth-order valence-corrected chi connectivity index (χ4v) is 3.59. The van der Waals surface area contributed by atoms with Gasteiger partial charge in [-0.2, -0.15) is 0 Å². The van der Waals surface area contributed by atoms with E-state index in [1.54, 1.807) is 30.3 Å². The minimum absolute atomic E-state index is 0.0822. The van der Waals surface area contributed by atoms with E-state index < -0.39 is 4.92 Å². The maximum absolute atomic E-state index is 12.4. The quantitative estimate of drug-likeness (QED) is 0.276. The van der Waals surface area contributed by atoms with Gasteiger partial charge in [-0.1, -0.05) is 23.7 Å². The van der Waals surface area contributed by atoms with Crippen LogP contribution in [0.25, 0.3) is 0 Å². The van der Waals surface area contributed by atoms with Crippen LogP contribution in [0.2, 0.25) is 5.02 Å². The van der Waals surface area contributed by atoms with Gasteiger partial charge < -0.3 is 10.6 Å². The van der Waals surface area contributed by atoms with Gasteiger partial charge in [-0.15, -0.1) is 11.8 Å². The first-order chi connectivity index (χ1) is 14.8. The van der Waals surface area contributed by atoms with Crippen LogP contribution in [-0.2, 0) is 4.79 Å². The molecule has 0 aromatic heterocycles. The molecule has 3 aromatic rings. The Hall–Kier alpha value is -3.36. The van der Waals surface area contributed by atoms with Crippen molar-refractivity contribution in [1.29, 1.82) is 0 Å². The van der Waals surface area contributed by atoms with E-state index in [0.29, 0.717) is 22.0 Å². The third-order valence-electron chi connectivity index (χ3n) is 4.28. The number of nitrogens with zero attached hydrogens (tertiary/aromatic N) is 1. The first kappa shape index (κ1) is 22.3. The zero-order chi connectivity index (χ0) is 22.4. The predicted molar refractivity (Wildman–Crippen MR) is 123 cm³/mol. The molecule has 9 heteroatoms. The molecule has 0 heterocycles. The third kappa shape index (κ3) is 6.31. The molecule has 0 saturated carbocycles. The van der Waals surface area contributed by atoms with Crippen LogP contribution in [0.5, 0.6) is 0 Å². The molecule has 0 fully saturated rings. The van der Waals surface area contributed by atoms with Gasteiger partial charge in [0.25, 0.3) is 11.6 Å². The van der Waals surface area contributed by atoms with Gasteiger partial charge in [0.1, 0.15) is 0 Å².